The summed E-state index contributed by atoms with van der Waals surface area (Å²) in [4.78, 5) is 37.6. The Balaban J connectivity index is 1.84. The summed E-state index contributed by atoms with van der Waals surface area (Å²) < 4.78 is 0. The van der Waals surface area contributed by atoms with Crippen LogP contribution in [0.5, 0.6) is 0 Å². The Morgan fingerprint density at radius 3 is 2.70 bits per heavy atom. The van der Waals surface area contributed by atoms with E-state index < -0.39 is 10.8 Å². The molecule has 0 atom stereocenters. The number of carbonyl (C=O) groups excluding carboxylic acids is 2. The topological polar surface area (TPSA) is 120 Å². The second kappa shape index (κ2) is 6.15. The SMILES string of the molecule is O=C(NCC(=O)N1CCNCC1)c1cc([N+](=O)[O-])c[nH]1. The second-order valence-electron chi connectivity index (χ2n) is 4.34. The van der Waals surface area contributed by atoms with Gasteiger partial charge < -0.3 is 20.5 Å². The van der Waals surface area contributed by atoms with Gasteiger partial charge in [0.25, 0.3) is 11.6 Å². The third-order valence-electron chi connectivity index (χ3n) is 2.99. The quantitative estimate of drug-likeness (QED) is 0.487. The second-order valence-corrected chi connectivity index (χ2v) is 4.34. The predicted molar refractivity (Wildman–Crippen MR) is 69.2 cm³/mol. The van der Waals surface area contributed by atoms with E-state index >= 15 is 0 Å². The zero-order valence-corrected chi connectivity index (χ0v) is 10.7. The first-order valence-corrected chi connectivity index (χ1v) is 6.17. The molecular weight excluding hydrogens is 266 g/mol. The van der Waals surface area contributed by atoms with Gasteiger partial charge in [0.15, 0.2) is 0 Å². The van der Waals surface area contributed by atoms with Gasteiger partial charge in [-0.3, -0.25) is 19.7 Å². The van der Waals surface area contributed by atoms with Gasteiger partial charge in [-0.1, -0.05) is 0 Å². The molecule has 0 aromatic carbocycles. The first-order valence-electron chi connectivity index (χ1n) is 6.17. The summed E-state index contributed by atoms with van der Waals surface area (Å²) >= 11 is 0. The Hall–Kier alpha value is -2.42. The van der Waals surface area contributed by atoms with Crippen LogP contribution >= 0.6 is 0 Å². The molecule has 1 aromatic heterocycles. The lowest BCUT2D eigenvalue weighted by Crippen LogP contribution is -2.49. The normalized spacial score (nSPS) is 14.9. The van der Waals surface area contributed by atoms with Gasteiger partial charge in [-0.15, -0.1) is 0 Å². The molecule has 1 fully saturated rings. The fourth-order valence-corrected chi connectivity index (χ4v) is 1.90. The van der Waals surface area contributed by atoms with Gasteiger partial charge in [0.1, 0.15) is 5.69 Å². The van der Waals surface area contributed by atoms with Gasteiger partial charge in [0.2, 0.25) is 5.91 Å². The summed E-state index contributed by atoms with van der Waals surface area (Å²) in [7, 11) is 0. The average Bonchev–Trinajstić information content (AvgIpc) is 2.95. The zero-order chi connectivity index (χ0) is 14.5. The average molecular weight is 281 g/mol. The standard InChI is InChI=1S/C11H15N5O4/c17-10(15-3-1-12-2-4-15)7-14-11(18)9-5-8(6-13-9)16(19)20/h5-6,12-13H,1-4,7H2,(H,14,18). The highest BCUT2D eigenvalue weighted by atomic mass is 16.6. The monoisotopic (exact) mass is 281 g/mol. The molecule has 0 bridgehead atoms. The highest BCUT2D eigenvalue weighted by Gasteiger charge is 2.18. The van der Waals surface area contributed by atoms with Crippen LogP contribution in [-0.2, 0) is 4.79 Å². The minimum absolute atomic E-state index is 0.0600. The molecule has 108 valence electrons. The van der Waals surface area contributed by atoms with Crippen molar-refractivity contribution in [3.63, 3.8) is 0 Å². The van der Waals surface area contributed by atoms with Crippen molar-refractivity contribution in [2.75, 3.05) is 32.7 Å². The molecule has 3 N–H and O–H groups in total. The maximum absolute atomic E-state index is 11.8. The number of rotatable bonds is 4. The summed E-state index contributed by atoms with van der Waals surface area (Å²) in [5.41, 5.74) is -0.131. The van der Waals surface area contributed by atoms with Crippen LogP contribution in [0.1, 0.15) is 10.5 Å². The smallest absolute Gasteiger partial charge is 0.287 e. The van der Waals surface area contributed by atoms with Crippen molar-refractivity contribution in [3.05, 3.63) is 28.1 Å². The molecule has 9 nitrogen and oxygen atoms in total. The lowest BCUT2D eigenvalue weighted by molar-refractivity contribution is -0.384. The molecule has 1 aromatic rings. The van der Waals surface area contributed by atoms with E-state index in [1.807, 2.05) is 0 Å². The molecule has 0 unspecified atom stereocenters. The Bertz CT molecular complexity index is 521. The van der Waals surface area contributed by atoms with Gasteiger partial charge in [-0.2, -0.15) is 0 Å². The maximum Gasteiger partial charge on any atom is 0.287 e. The highest BCUT2D eigenvalue weighted by Crippen LogP contribution is 2.11. The fourth-order valence-electron chi connectivity index (χ4n) is 1.90. The van der Waals surface area contributed by atoms with Gasteiger partial charge in [-0.05, 0) is 0 Å². The van der Waals surface area contributed by atoms with Crippen molar-refractivity contribution in [2.24, 2.45) is 0 Å². The van der Waals surface area contributed by atoms with E-state index in [2.05, 4.69) is 15.6 Å². The number of hydrogen-bond acceptors (Lipinski definition) is 5. The number of nitrogens with zero attached hydrogens (tertiary/aromatic N) is 2. The first-order chi connectivity index (χ1) is 9.58. The molecule has 9 heteroatoms. The molecule has 20 heavy (non-hydrogen) atoms. The van der Waals surface area contributed by atoms with Crippen molar-refractivity contribution in [1.29, 1.82) is 0 Å². The van der Waals surface area contributed by atoms with Gasteiger partial charge in [0, 0.05) is 32.2 Å². The van der Waals surface area contributed by atoms with E-state index in [1.165, 1.54) is 0 Å². The van der Waals surface area contributed by atoms with E-state index in [1.54, 1.807) is 4.90 Å². The number of carbonyl (C=O) groups is 2. The third kappa shape index (κ3) is 3.32. The van der Waals surface area contributed by atoms with Crippen LogP contribution in [0.3, 0.4) is 0 Å². The van der Waals surface area contributed by atoms with Crippen molar-refractivity contribution < 1.29 is 14.5 Å². The maximum atomic E-state index is 11.8. The summed E-state index contributed by atoms with van der Waals surface area (Å²) in [6.45, 7) is 2.59. The largest absolute Gasteiger partial charge is 0.351 e. The number of nitro groups is 1. The fraction of sp³-hybridized carbons (Fsp3) is 0.455. The Kier molecular flexibility index (Phi) is 4.31. The molecule has 2 amide bonds. The number of aromatic amines is 1. The zero-order valence-electron chi connectivity index (χ0n) is 10.7. The Labute approximate surface area is 114 Å². The van der Waals surface area contributed by atoms with Crippen LogP contribution < -0.4 is 10.6 Å². The van der Waals surface area contributed by atoms with E-state index in [0.29, 0.717) is 13.1 Å². The van der Waals surface area contributed by atoms with Crippen molar-refractivity contribution in [2.45, 2.75) is 0 Å². The van der Waals surface area contributed by atoms with Crippen LogP contribution in [0.2, 0.25) is 0 Å². The Morgan fingerprint density at radius 1 is 1.40 bits per heavy atom. The van der Waals surface area contributed by atoms with E-state index in [0.717, 1.165) is 25.4 Å². The van der Waals surface area contributed by atoms with Crippen LogP contribution in [0.25, 0.3) is 0 Å². The van der Waals surface area contributed by atoms with Crippen molar-refractivity contribution >= 4 is 17.5 Å². The van der Waals surface area contributed by atoms with Gasteiger partial charge in [0.05, 0.1) is 17.7 Å². The van der Waals surface area contributed by atoms with Gasteiger partial charge in [-0.25, -0.2) is 0 Å². The van der Waals surface area contributed by atoms with Crippen molar-refractivity contribution in [3.8, 4) is 0 Å². The summed E-state index contributed by atoms with van der Waals surface area (Å²) in [6.07, 6.45) is 1.13. The van der Waals surface area contributed by atoms with E-state index in [9.17, 15) is 19.7 Å². The molecule has 2 rings (SSSR count). The molecule has 1 aliphatic heterocycles. The minimum atomic E-state index is -0.598. The van der Waals surface area contributed by atoms with Crippen molar-refractivity contribution in [1.82, 2.24) is 20.5 Å². The molecule has 0 saturated carbocycles. The summed E-state index contributed by atoms with van der Waals surface area (Å²) in [5.74, 6) is -0.706. The van der Waals surface area contributed by atoms with Crippen LogP contribution in [0.15, 0.2) is 12.3 Å². The molecule has 0 spiro atoms. The lowest BCUT2D eigenvalue weighted by atomic mass is 10.3. The number of hydrogen-bond donors (Lipinski definition) is 3. The number of H-pyrrole nitrogens is 1. The number of nitrogens with one attached hydrogen (secondary N) is 3. The molecular formula is C11H15N5O4. The Morgan fingerprint density at radius 2 is 2.10 bits per heavy atom. The van der Waals surface area contributed by atoms with E-state index in [4.69, 9.17) is 0 Å². The molecule has 1 aliphatic rings. The molecule has 0 aliphatic carbocycles. The van der Waals surface area contributed by atoms with Gasteiger partial charge >= 0.3 is 0 Å². The predicted octanol–water partition coefficient (Wildman–Crippen LogP) is -0.915. The number of aromatic nitrogens is 1. The summed E-state index contributed by atoms with van der Waals surface area (Å²) in [5, 5.41) is 16.1. The van der Waals surface area contributed by atoms with Crippen LogP contribution in [-0.4, -0.2) is 59.3 Å². The number of piperazine rings is 1. The third-order valence-corrected chi connectivity index (χ3v) is 2.99. The minimum Gasteiger partial charge on any atom is -0.351 e. The highest BCUT2D eigenvalue weighted by molar-refractivity contribution is 5.95. The van der Waals surface area contributed by atoms with E-state index in [-0.39, 0.29) is 23.8 Å². The van der Waals surface area contributed by atoms with Crippen LogP contribution in [0, 0.1) is 10.1 Å². The lowest BCUT2D eigenvalue weighted by Gasteiger charge is -2.27. The number of amides is 2. The molecule has 2 heterocycles. The first kappa shape index (κ1) is 14.0. The summed E-state index contributed by atoms with van der Waals surface area (Å²) in [6, 6.07) is 1.13. The van der Waals surface area contributed by atoms with Crippen LogP contribution in [0.4, 0.5) is 5.69 Å². The molecule has 0 radical (unpaired) electrons. The molecule has 1 saturated heterocycles.